The largest absolute Gasteiger partial charge is 0.331 e. The Hall–Kier alpha value is -0.770. The van der Waals surface area contributed by atoms with Crippen LogP contribution < -0.4 is 5.32 Å². The summed E-state index contributed by atoms with van der Waals surface area (Å²) in [5, 5.41) is 3.73. The molecule has 4 heteroatoms. The summed E-state index contributed by atoms with van der Waals surface area (Å²) >= 11 is 0. The highest BCUT2D eigenvalue weighted by Gasteiger charge is 2.25. The average Bonchev–Trinajstić information content (AvgIpc) is 2.45. The van der Waals surface area contributed by atoms with E-state index < -0.39 is 0 Å². The number of urea groups is 1. The molecule has 0 bridgehead atoms. The van der Waals surface area contributed by atoms with Crippen LogP contribution in [0.2, 0.25) is 0 Å². The molecule has 1 aliphatic rings. The van der Waals surface area contributed by atoms with Gasteiger partial charge in [0.1, 0.15) is 0 Å². The average molecular weight is 297 g/mol. The van der Waals surface area contributed by atoms with Crippen molar-refractivity contribution in [1.29, 1.82) is 0 Å². The second kappa shape index (κ2) is 8.62. The van der Waals surface area contributed by atoms with Crippen LogP contribution in [0.15, 0.2) is 0 Å². The number of rotatable bonds is 7. The molecule has 0 atom stereocenters. The van der Waals surface area contributed by atoms with E-state index in [4.69, 9.17) is 0 Å². The molecule has 0 aliphatic carbocycles. The minimum absolute atomic E-state index is 0.147. The van der Waals surface area contributed by atoms with Gasteiger partial charge in [0, 0.05) is 39.8 Å². The van der Waals surface area contributed by atoms with Gasteiger partial charge in [0.2, 0.25) is 0 Å². The first-order valence-corrected chi connectivity index (χ1v) is 8.55. The van der Waals surface area contributed by atoms with Gasteiger partial charge in [-0.2, -0.15) is 0 Å². The topological polar surface area (TPSA) is 35.6 Å². The van der Waals surface area contributed by atoms with E-state index in [-0.39, 0.29) is 6.03 Å². The molecule has 1 saturated heterocycles. The van der Waals surface area contributed by atoms with Crippen LogP contribution in [0.5, 0.6) is 0 Å². The predicted molar refractivity (Wildman–Crippen MR) is 89.6 cm³/mol. The van der Waals surface area contributed by atoms with Crippen molar-refractivity contribution in [3.05, 3.63) is 0 Å². The van der Waals surface area contributed by atoms with Gasteiger partial charge in [0.25, 0.3) is 0 Å². The normalized spacial score (nSPS) is 17.1. The Morgan fingerprint density at radius 1 is 1.24 bits per heavy atom. The highest BCUT2D eigenvalue weighted by atomic mass is 16.2. The van der Waals surface area contributed by atoms with E-state index in [0.717, 1.165) is 32.5 Å². The number of carbonyl (C=O) groups is 1. The highest BCUT2D eigenvalue weighted by Crippen LogP contribution is 2.23. The molecule has 0 saturated carbocycles. The second-order valence-electron chi connectivity index (χ2n) is 7.44. The molecule has 0 radical (unpaired) electrons. The minimum atomic E-state index is 0.147. The summed E-state index contributed by atoms with van der Waals surface area (Å²) < 4.78 is 0. The molecule has 124 valence electrons. The van der Waals surface area contributed by atoms with E-state index in [1.807, 2.05) is 19.0 Å². The van der Waals surface area contributed by atoms with E-state index >= 15 is 0 Å². The molecule has 1 fully saturated rings. The van der Waals surface area contributed by atoms with Gasteiger partial charge in [-0.15, -0.1) is 0 Å². The van der Waals surface area contributed by atoms with Crippen molar-refractivity contribution in [3.63, 3.8) is 0 Å². The van der Waals surface area contributed by atoms with Crippen LogP contribution in [0.25, 0.3) is 0 Å². The third-order valence-electron chi connectivity index (χ3n) is 4.47. The Morgan fingerprint density at radius 2 is 1.86 bits per heavy atom. The first kappa shape index (κ1) is 18.3. The van der Waals surface area contributed by atoms with Gasteiger partial charge in [-0.1, -0.05) is 40.0 Å². The van der Waals surface area contributed by atoms with E-state index in [0.29, 0.717) is 11.5 Å². The maximum absolute atomic E-state index is 11.9. The zero-order valence-corrected chi connectivity index (χ0v) is 14.7. The number of nitrogens with one attached hydrogen (secondary N) is 1. The molecule has 0 spiro atoms. The quantitative estimate of drug-likeness (QED) is 0.732. The van der Waals surface area contributed by atoms with Crippen molar-refractivity contribution in [2.24, 2.45) is 5.41 Å². The van der Waals surface area contributed by atoms with E-state index in [1.54, 1.807) is 4.90 Å². The zero-order chi connectivity index (χ0) is 15.9. The Balaban J connectivity index is 2.25. The lowest BCUT2D eigenvalue weighted by molar-refractivity contribution is 0.149. The first-order chi connectivity index (χ1) is 9.85. The molecule has 0 aromatic heterocycles. The van der Waals surface area contributed by atoms with E-state index in [1.165, 1.54) is 25.7 Å². The Labute approximate surface area is 131 Å². The summed E-state index contributed by atoms with van der Waals surface area (Å²) in [4.78, 5) is 15.5. The molecule has 1 N–H and O–H groups in total. The Morgan fingerprint density at radius 3 is 2.38 bits per heavy atom. The van der Waals surface area contributed by atoms with Gasteiger partial charge in [-0.05, 0) is 24.7 Å². The van der Waals surface area contributed by atoms with Crippen LogP contribution in [0.1, 0.15) is 59.3 Å². The van der Waals surface area contributed by atoms with Crippen molar-refractivity contribution in [2.75, 3.05) is 33.7 Å². The smallest absolute Gasteiger partial charge is 0.319 e. The molecule has 21 heavy (non-hydrogen) atoms. The number of nitrogens with zero attached hydrogens (tertiary/aromatic N) is 2. The monoisotopic (exact) mass is 297 g/mol. The lowest BCUT2D eigenvalue weighted by Crippen LogP contribution is -2.49. The third kappa shape index (κ3) is 6.68. The molecule has 1 heterocycles. The predicted octanol–water partition coefficient (Wildman–Crippen LogP) is 3.33. The highest BCUT2D eigenvalue weighted by molar-refractivity contribution is 5.73. The third-order valence-corrected chi connectivity index (χ3v) is 4.47. The number of carbonyl (C=O) groups excluding carboxylic acids is 1. The van der Waals surface area contributed by atoms with Crippen molar-refractivity contribution >= 4 is 6.03 Å². The molecule has 0 aromatic rings. The molecular weight excluding hydrogens is 262 g/mol. The second-order valence-corrected chi connectivity index (χ2v) is 7.44. The number of unbranched alkanes of at least 4 members (excludes halogenated alkanes) is 2. The number of hydrogen-bond donors (Lipinski definition) is 1. The fraction of sp³-hybridized carbons (Fsp3) is 0.941. The minimum Gasteiger partial charge on any atom is -0.331 e. The lowest BCUT2D eigenvalue weighted by atomic mass is 9.86. The number of hydrogen-bond acceptors (Lipinski definition) is 2. The van der Waals surface area contributed by atoms with Gasteiger partial charge < -0.3 is 15.1 Å². The fourth-order valence-corrected chi connectivity index (χ4v) is 2.92. The number of likely N-dealkylation sites (tertiary alicyclic amines) is 1. The van der Waals surface area contributed by atoms with Crippen LogP contribution in [0, 0.1) is 5.41 Å². The van der Waals surface area contributed by atoms with E-state index in [9.17, 15) is 4.79 Å². The van der Waals surface area contributed by atoms with Crippen molar-refractivity contribution in [3.8, 4) is 0 Å². The van der Waals surface area contributed by atoms with Gasteiger partial charge in [-0.25, -0.2) is 4.79 Å². The molecular formula is C17H35N3O. The van der Waals surface area contributed by atoms with Crippen LogP contribution in [-0.4, -0.2) is 55.6 Å². The lowest BCUT2D eigenvalue weighted by Gasteiger charge is -2.35. The van der Waals surface area contributed by atoms with Crippen LogP contribution in [-0.2, 0) is 0 Å². The molecule has 0 unspecified atom stereocenters. The van der Waals surface area contributed by atoms with Crippen LogP contribution in [0.4, 0.5) is 4.79 Å². The van der Waals surface area contributed by atoms with Crippen LogP contribution in [0.3, 0.4) is 0 Å². The fourth-order valence-electron chi connectivity index (χ4n) is 2.92. The Bertz CT molecular complexity index is 307. The SMILES string of the molecule is CCCCCC(C)(C)CNC1CCN(C(=O)N(C)C)CC1. The van der Waals surface area contributed by atoms with Crippen molar-refractivity contribution < 1.29 is 4.79 Å². The maximum atomic E-state index is 11.9. The first-order valence-electron chi connectivity index (χ1n) is 8.55. The number of amides is 2. The molecule has 1 aliphatic heterocycles. The van der Waals surface area contributed by atoms with Crippen molar-refractivity contribution in [2.45, 2.75) is 65.3 Å². The van der Waals surface area contributed by atoms with Gasteiger partial charge in [0.15, 0.2) is 0 Å². The summed E-state index contributed by atoms with van der Waals surface area (Å²) in [5.74, 6) is 0. The van der Waals surface area contributed by atoms with Crippen LogP contribution >= 0.6 is 0 Å². The molecule has 1 rings (SSSR count). The summed E-state index contributed by atoms with van der Waals surface area (Å²) in [6, 6.07) is 0.718. The van der Waals surface area contributed by atoms with E-state index in [2.05, 4.69) is 26.1 Å². The summed E-state index contributed by atoms with van der Waals surface area (Å²) in [6.07, 6.45) is 7.42. The summed E-state index contributed by atoms with van der Waals surface area (Å²) in [5.41, 5.74) is 0.381. The zero-order valence-electron chi connectivity index (χ0n) is 14.7. The van der Waals surface area contributed by atoms with Gasteiger partial charge in [-0.3, -0.25) is 0 Å². The van der Waals surface area contributed by atoms with Crippen molar-refractivity contribution in [1.82, 2.24) is 15.1 Å². The molecule has 4 nitrogen and oxygen atoms in total. The maximum Gasteiger partial charge on any atom is 0.319 e. The Kier molecular flexibility index (Phi) is 7.50. The standard InChI is InChI=1S/C17H35N3O/c1-6-7-8-11-17(2,3)14-18-15-9-12-20(13-10-15)16(21)19(4)5/h15,18H,6-14H2,1-5H3. The molecule has 2 amide bonds. The molecule has 0 aromatic carbocycles. The summed E-state index contributed by atoms with van der Waals surface area (Å²) in [7, 11) is 3.65. The van der Waals surface area contributed by atoms with Gasteiger partial charge >= 0.3 is 6.03 Å². The number of piperidine rings is 1. The summed E-state index contributed by atoms with van der Waals surface area (Å²) in [6.45, 7) is 9.83. The van der Waals surface area contributed by atoms with Gasteiger partial charge in [0.05, 0.1) is 0 Å².